The zero-order valence-electron chi connectivity index (χ0n) is 16.0. The van der Waals surface area contributed by atoms with Crippen molar-refractivity contribution in [3.63, 3.8) is 0 Å². The summed E-state index contributed by atoms with van der Waals surface area (Å²) < 4.78 is 6.41. The first-order valence-corrected chi connectivity index (χ1v) is 11.0. The third-order valence-electron chi connectivity index (χ3n) is 6.44. The highest BCUT2D eigenvalue weighted by Crippen LogP contribution is 2.61. The number of ether oxygens (including phenoxy) is 1. The molecule has 4 aliphatic heterocycles. The van der Waals surface area contributed by atoms with Crippen LogP contribution in [0, 0.1) is 5.92 Å². The summed E-state index contributed by atoms with van der Waals surface area (Å²) in [7, 11) is 2.08. The van der Waals surface area contributed by atoms with Gasteiger partial charge in [0, 0.05) is 28.8 Å². The SMILES string of the molecule is C[C@@H]1C(c2csc(SC3=C(C(=O)O)N4C(=O)[C@@]5(O[C@@H]5C)[C@H]4[C@H]3C)n2)=CCN1C. The zero-order valence-corrected chi connectivity index (χ0v) is 17.6. The number of β-lactam (4-membered cyclic amide) rings is 1. The highest BCUT2D eigenvalue weighted by molar-refractivity contribution is 8.04. The number of fused-ring (bicyclic) bond motifs is 2. The fraction of sp³-hybridized carbons (Fsp3) is 0.526. The molecule has 5 heterocycles. The summed E-state index contributed by atoms with van der Waals surface area (Å²) in [6.07, 6.45) is 2.04. The van der Waals surface area contributed by atoms with Gasteiger partial charge in [0.1, 0.15) is 5.70 Å². The minimum atomic E-state index is -1.07. The highest BCUT2D eigenvalue weighted by atomic mass is 32.2. The second kappa shape index (κ2) is 5.91. The molecule has 4 aliphatic rings. The Labute approximate surface area is 171 Å². The number of epoxide rings is 1. The second-order valence-electron chi connectivity index (χ2n) is 7.86. The summed E-state index contributed by atoms with van der Waals surface area (Å²) in [6, 6.07) is 0.0846. The standard InChI is InChI=1S/C19H21N3O4S2/c1-8-14(13(16(23)24)22-15(8)19(17(22)25)10(3)26-19)28-18-20-12(7-27-18)11-5-6-21(4)9(11)2/h5,7-10,15H,6H2,1-4H3,(H,23,24)/t8-,9+,10+,15+,19-/m0/s1. The highest BCUT2D eigenvalue weighted by Gasteiger charge is 2.79. The number of rotatable bonds is 4. The van der Waals surface area contributed by atoms with Gasteiger partial charge in [-0.25, -0.2) is 9.78 Å². The maximum Gasteiger partial charge on any atom is 0.353 e. The predicted octanol–water partition coefficient (Wildman–Crippen LogP) is 2.27. The number of likely N-dealkylation sites (N-methyl/N-ethyl adjacent to an activating group) is 1. The van der Waals surface area contributed by atoms with E-state index in [1.165, 1.54) is 33.6 Å². The molecule has 0 bridgehead atoms. The number of carbonyl (C=O) groups is 2. The minimum Gasteiger partial charge on any atom is -0.477 e. The molecule has 1 aromatic rings. The number of aromatic nitrogens is 1. The molecule has 148 valence electrons. The monoisotopic (exact) mass is 419 g/mol. The lowest BCUT2D eigenvalue weighted by atomic mass is 9.80. The molecule has 1 spiro atoms. The number of hydrogen-bond donors (Lipinski definition) is 1. The normalized spacial score (nSPS) is 36.8. The van der Waals surface area contributed by atoms with Crippen LogP contribution >= 0.6 is 23.1 Å². The summed E-state index contributed by atoms with van der Waals surface area (Å²) in [5.74, 6) is -1.39. The number of carboxylic acid groups (broad SMARTS) is 1. The van der Waals surface area contributed by atoms with Crippen LogP contribution in [0.1, 0.15) is 26.5 Å². The molecular weight excluding hydrogens is 398 g/mol. The molecule has 5 atom stereocenters. The summed E-state index contributed by atoms with van der Waals surface area (Å²) in [6.45, 7) is 6.90. The van der Waals surface area contributed by atoms with Crippen molar-refractivity contribution >= 4 is 40.5 Å². The van der Waals surface area contributed by atoms with Crippen LogP contribution in [0.4, 0.5) is 0 Å². The molecular formula is C19H21N3O4S2. The number of hydrogen-bond acceptors (Lipinski definition) is 7. The third kappa shape index (κ3) is 2.21. The van der Waals surface area contributed by atoms with Crippen LogP contribution in [-0.4, -0.2) is 69.1 Å². The van der Waals surface area contributed by atoms with Crippen LogP contribution in [0.2, 0.25) is 0 Å². The van der Waals surface area contributed by atoms with Gasteiger partial charge >= 0.3 is 5.97 Å². The van der Waals surface area contributed by atoms with Crippen molar-refractivity contribution in [1.82, 2.24) is 14.8 Å². The van der Waals surface area contributed by atoms with Crippen LogP contribution in [0.25, 0.3) is 5.57 Å². The quantitative estimate of drug-likeness (QED) is 0.592. The van der Waals surface area contributed by atoms with E-state index < -0.39 is 11.6 Å². The minimum absolute atomic E-state index is 0.0887. The van der Waals surface area contributed by atoms with Crippen molar-refractivity contribution in [3.8, 4) is 0 Å². The van der Waals surface area contributed by atoms with E-state index in [1.54, 1.807) is 0 Å². The van der Waals surface area contributed by atoms with Crippen LogP contribution in [0.5, 0.6) is 0 Å². The van der Waals surface area contributed by atoms with E-state index in [0.717, 1.165) is 16.6 Å². The van der Waals surface area contributed by atoms with Crippen molar-refractivity contribution in [2.45, 2.75) is 48.9 Å². The number of carbonyl (C=O) groups excluding carboxylic acids is 1. The van der Waals surface area contributed by atoms with Gasteiger partial charge in [-0.3, -0.25) is 14.6 Å². The van der Waals surface area contributed by atoms with Gasteiger partial charge in [0.25, 0.3) is 5.91 Å². The summed E-state index contributed by atoms with van der Waals surface area (Å²) in [4.78, 5) is 33.7. The number of thiazole rings is 1. The molecule has 9 heteroatoms. The van der Waals surface area contributed by atoms with Gasteiger partial charge in [0.2, 0.25) is 0 Å². The maximum absolute atomic E-state index is 12.6. The maximum atomic E-state index is 12.6. The Morgan fingerprint density at radius 1 is 1.43 bits per heavy atom. The number of aliphatic carboxylic acids is 1. The first kappa shape index (κ1) is 18.4. The molecule has 0 unspecified atom stereocenters. The third-order valence-corrected chi connectivity index (χ3v) is 8.66. The average molecular weight is 420 g/mol. The Bertz CT molecular complexity index is 970. The number of carboxylic acids is 1. The summed E-state index contributed by atoms with van der Waals surface area (Å²) >= 11 is 2.89. The van der Waals surface area contributed by atoms with Gasteiger partial charge in [0.05, 0.1) is 17.8 Å². The molecule has 2 saturated heterocycles. The smallest absolute Gasteiger partial charge is 0.353 e. The number of amides is 1. The molecule has 5 rings (SSSR count). The Kier molecular flexibility index (Phi) is 3.88. The van der Waals surface area contributed by atoms with Gasteiger partial charge in [-0.2, -0.15) is 0 Å². The topological polar surface area (TPSA) is 86.3 Å². The Morgan fingerprint density at radius 3 is 2.71 bits per heavy atom. The largest absolute Gasteiger partial charge is 0.477 e. The molecule has 28 heavy (non-hydrogen) atoms. The molecule has 0 aliphatic carbocycles. The van der Waals surface area contributed by atoms with E-state index in [4.69, 9.17) is 9.72 Å². The van der Waals surface area contributed by atoms with Crippen molar-refractivity contribution in [2.75, 3.05) is 13.6 Å². The lowest BCUT2D eigenvalue weighted by Crippen LogP contribution is -2.68. The molecule has 2 fully saturated rings. The van der Waals surface area contributed by atoms with E-state index in [1.807, 2.05) is 19.2 Å². The van der Waals surface area contributed by atoms with Gasteiger partial charge < -0.3 is 9.84 Å². The fourth-order valence-corrected chi connectivity index (χ4v) is 6.77. The van der Waals surface area contributed by atoms with Crippen LogP contribution in [0.15, 0.2) is 26.4 Å². The van der Waals surface area contributed by atoms with Crippen LogP contribution < -0.4 is 0 Å². The molecule has 7 nitrogen and oxygen atoms in total. The van der Waals surface area contributed by atoms with Gasteiger partial charge in [-0.15, -0.1) is 11.3 Å². The van der Waals surface area contributed by atoms with Gasteiger partial charge in [-0.05, 0) is 26.5 Å². The first-order valence-electron chi connectivity index (χ1n) is 9.30. The van der Waals surface area contributed by atoms with Crippen molar-refractivity contribution in [3.05, 3.63) is 27.8 Å². The summed E-state index contributed by atoms with van der Waals surface area (Å²) in [5.41, 5.74) is 1.43. The van der Waals surface area contributed by atoms with E-state index in [2.05, 4.69) is 24.9 Å². The lowest BCUT2D eigenvalue weighted by Gasteiger charge is -2.43. The number of nitrogens with zero attached hydrogens (tertiary/aromatic N) is 3. The molecule has 1 aromatic heterocycles. The van der Waals surface area contributed by atoms with E-state index >= 15 is 0 Å². The van der Waals surface area contributed by atoms with Crippen molar-refractivity contribution in [1.29, 1.82) is 0 Å². The van der Waals surface area contributed by atoms with Crippen LogP contribution in [0.3, 0.4) is 0 Å². The van der Waals surface area contributed by atoms with Crippen LogP contribution in [-0.2, 0) is 14.3 Å². The molecule has 0 aromatic carbocycles. The van der Waals surface area contributed by atoms with E-state index in [-0.39, 0.29) is 29.7 Å². The predicted molar refractivity (Wildman–Crippen MR) is 106 cm³/mol. The number of thioether (sulfide) groups is 1. The van der Waals surface area contributed by atoms with E-state index in [0.29, 0.717) is 10.9 Å². The Morgan fingerprint density at radius 2 is 2.14 bits per heavy atom. The second-order valence-corrected chi connectivity index (χ2v) is 10.0. The molecule has 1 N–H and O–H groups in total. The Balaban J connectivity index is 1.44. The van der Waals surface area contributed by atoms with Gasteiger partial charge in [0.15, 0.2) is 9.94 Å². The molecule has 0 radical (unpaired) electrons. The van der Waals surface area contributed by atoms with Crippen molar-refractivity contribution in [2.24, 2.45) is 5.92 Å². The summed E-state index contributed by atoms with van der Waals surface area (Å²) in [5, 5.41) is 11.8. The van der Waals surface area contributed by atoms with Crippen molar-refractivity contribution < 1.29 is 19.4 Å². The molecule has 0 saturated carbocycles. The van der Waals surface area contributed by atoms with E-state index in [9.17, 15) is 14.7 Å². The first-order chi connectivity index (χ1) is 13.3. The Hall–Kier alpha value is -1.68. The fourth-order valence-electron chi connectivity index (χ4n) is 4.68. The average Bonchev–Trinajstić information content (AvgIpc) is 2.95. The molecule has 1 amide bonds. The van der Waals surface area contributed by atoms with Gasteiger partial charge in [-0.1, -0.05) is 24.8 Å². The lowest BCUT2D eigenvalue weighted by molar-refractivity contribution is -0.159. The zero-order chi connectivity index (χ0) is 20.0.